The number of ether oxygens (including phenoxy) is 1. The fourth-order valence-electron chi connectivity index (χ4n) is 1.27. The predicted molar refractivity (Wildman–Crippen MR) is 62.6 cm³/mol. The lowest BCUT2D eigenvalue weighted by Crippen LogP contribution is -2.12. The molecule has 1 aromatic rings. The molecule has 1 rings (SSSR count). The van der Waals surface area contributed by atoms with Crippen LogP contribution in [0, 0.1) is 10.5 Å². The van der Waals surface area contributed by atoms with Gasteiger partial charge in [-0.1, -0.05) is 0 Å². The van der Waals surface area contributed by atoms with Crippen molar-refractivity contribution < 1.29 is 18.3 Å². The summed E-state index contributed by atoms with van der Waals surface area (Å²) in [6.45, 7) is 3.28. The van der Waals surface area contributed by atoms with Crippen LogP contribution in [0.4, 0.5) is 8.78 Å². The van der Waals surface area contributed by atoms with Crippen LogP contribution in [0.1, 0.15) is 35.0 Å². The number of carbonyl (C=O) groups excluding carboxylic acids is 1. The van der Waals surface area contributed by atoms with Crippen molar-refractivity contribution in [1.29, 1.82) is 0 Å². The van der Waals surface area contributed by atoms with Crippen molar-refractivity contribution in [2.45, 2.75) is 20.3 Å². The molecule has 0 bridgehead atoms. The van der Waals surface area contributed by atoms with E-state index in [-0.39, 0.29) is 23.4 Å². The summed E-state index contributed by atoms with van der Waals surface area (Å²) in [6.07, 6.45) is -1.37. The highest BCUT2D eigenvalue weighted by Crippen LogP contribution is 2.28. The van der Waals surface area contributed by atoms with E-state index < -0.39 is 12.4 Å². The topological polar surface area (TPSA) is 39.2 Å². The Labute approximate surface area is 105 Å². The van der Waals surface area contributed by atoms with Gasteiger partial charge in [0, 0.05) is 15.3 Å². The van der Waals surface area contributed by atoms with Crippen LogP contribution in [0.2, 0.25) is 0 Å². The van der Waals surface area contributed by atoms with Crippen LogP contribution >= 0.6 is 22.6 Å². The number of carbonyl (C=O) groups is 1. The fourth-order valence-corrected chi connectivity index (χ4v) is 2.05. The molecule has 6 heteroatoms. The van der Waals surface area contributed by atoms with Crippen LogP contribution < -0.4 is 0 Å². The molecule has 0 saturated heterocycles. The van der Waals surface area contributed by atoms with E-state index in [9.17, 15) is 13.6 Å². The van der Waals surface area contributed by atoms with E-state index in [0.717, 1.165) is 0 Å². The first-order chi connectivity index (χ1) is 7.49. The van der Waals surface area contributed by atoms with Crippen LogP contribution in [0.5, 0.6) is 0 Å². The molecule has 0 aliphatic rings. The van der Waals surface area contributed by atoms with Gasteiger partial charge in [-0.15, -0.1) is 0 Å². The molecule has 0 N–H and O–H groups in total. The van der Waals surface area contributed by atoms with Gasteiger partial charge >= 0.3 is 5.97 Å². The molecule has 88 valence electrons. The third-order valence-electron chi connectivity index (χ3n) is 2.01. The lowest BCUT2D eigenvalue weighted by molar-refractivity contribution is 0.0518. The Balaban J connectivity index is 3.23. The average molecular weight is 341 g/mol. The van der Waals surface area contributed by atoms with Crippen molar-refractivity contribution in [3.63, 3.8) is 0 Å². The number of halogens is 3. The summed E-state index contributed by atoms with van der Waals surface area (Å²) in [7, 11) is 0. The molecule has 1 heterocycles. The summed E-state index contributed by atoms with van der Waals surface area (Å²) >= 11 is 1.77. The molecular weight excluding hydrogens is 331 g/mol. The minimum absolute atomic E-state index is 0.0439. The third-order valence-corrected chi connectivity index (χ3v) is 2.87. The monoisotopic (exact) mass is 341 g/mol. The number of pyridine rings is 1. The molecule has 0 unspecified atom stereocenters. The van der Waals surface area contributed by atoms with Crippen LogP contribution in [0.25, 0.3) is 0 Å². The number of rotatable bonds is 3. The van der Waals surface area contributed by atoms with E-state index in [1.54, 1.807) is 29.5 Å². The second kappa shape index (κ2) is 5.51. The Morgan fingerprint density at radius 3 is 2.75 bits per heavy atom. The Morgan fingerprint density at radius 1 is 1.62 bits per heavy atom. The first-order valence-electron chi connectivity index (χ1n) is 4.59. The van der Waals surface area contributed by atoms with Crippen LogP contribution in [-0.2, 0) is 4.74 Å². The minimum atomic E-state index is -2.62. The zero-order chi connectivity index (χ0) is 12.3. The van der Waals surface area contributed by atoms with Gasteiger partial charge in [-0.3, -0.25) is 0 Å². The number of alkyl halides is 2. The SMILES string of the molecule is CCOC(=O)c1ncc(I)c(C(F)F)c1C. The molecule has 0 aliphatic heterocycles. The van der Waals surface area contributed by atoms with Crippen molar-refractivity contribution >= 4 is 28.6 Å². The summed E-state index contributed by atoms with van der Waals surface area (Å²) in [5, 5.41) is 0. The van der Waals surface area contributed by atoms with Crippen molar-refractivity contribution in [3.8, 4) is 0 Å². The Morgan fingerprint density at radius 2 is 2.25 bits per heavy atom. The largest absolute Gasteiger partial charge is 0.461 e. The van der Waals surface area contributed by atoms with Gasteiger partial charge in [-0.2, -0.15) is 0 Å². The number of hydrogen-bond donors (Lipinski definition) is 0. The maximum absolute atomic E-state index is 12.7. The molecule has 1 aromatic heterocycles. The average Bonchev–Trinajstić information content (AvgIpc) is 2.17. The van der Waals surface area contributed by atoms with E-state index in [1.807, 2.05) is 0 Å². The van der Waals surface area contributed by atoms with Gasteiger partial charge in [0.05, 0.1) is 6.61 Å². The van der Waals surface area contributed by atoms with Crippen molar-refractivity contribution in [2.75, 3.05) is 6.61 Å². The first kappa shape index (κ1) is 13.3. The van der Waals surface area contributed by atoms with Crippen LogP contribution in [0.15, 0.2) is 6.20 Å². The highest BCUT2D eigenvalue weighted by Gasteiger charge is 2.21. The quantitative estimate of drug-likeness (QED) is 0.627. The molecule has 16 heavy (non-hydrogen) atoms. The fraction of sp³-hybridized carbons (Fsp3) is 0.400. The molecule has 0 amide bonds. The van der Waals surface area contributed by atoms with E-state index in [1.165, 1.54) is 13.1 Å². The van der Waals surface area contributed by atoms with Gasteiger partial charge in [0.1, 0.15) is 0 Å². The standard InChI is InChI=1S/C10H10F2INO2/c1-3-16-10(15)8-5(2)7(9(11)12)6(13)4-14-8/h4,9H,3H2,1-2H3. The summed E-state index contributed by atoms with van der Waals surface area (Å²) in [4.78, 5) is 15.2. The van der Waals surface area contributed by atoms with Gasteiger partial charge in [-0.25, -0.2) is 18.6 Å². The van der Waals surface area contributed by atoms with E-state index in [0.29, 0.717) is 3.57 Å². The van der Waals surface area contributed by atoms with Crippen LogP contribution in [-0.4, -0.2) is 17.6 Å². The number of esters is 1. The lowest BCUT2D eigenvalue weighted by Gasteiger charge is -2.10. The Bertz CT molecular complexity index is 410. The van der Waals surface area contributed by atoms with Gasteiger partial charge in [0.25, 0.3) is 6.43 Å². The molecule has 0 aromatic carbocycles. The second-order valence-corrected chi connectivity index (χ2v) is 4.18. The molecule has 0 aliphatic carbocycles. The Hall–Kier alpha value is -0.790. The van der Waals surface area contributed by atoms with Gasteiger partial charge in [-0.05, 0) is 42.0 Å². The number of hydrogen-bond acceptors (Lipinski definition) is 3. The molecule has 0 fully saturated rings. The maximum atomic E-state index is 12.7. The Kier molecular flexibility index (Phi) is 4.57. The van der Waals surface area contributed by atoms with Crippen molar-refractivity contribution in [1.82, 2.24) is 4.98 Å². The number of aromatic nitrogens is 1. The van der Waals surface area contributed by atoms with Crippen molar-refractivity contribution in [3.05, 3.63) is 26.6 Å². The predicted octanol–water partition coefficient (Wildman–Crippen LogP) is 3.11. The normalized spacial score (nSPS) is 10.6. The first-order valence-corrected chi connectivity index (χ1v) is 5.67. The number of nitrogens with zero attached hydrogens (tertiary/aromatic N) is 1. The van der Waals surface area contributed by atoms with Gasteiger partial charge in [0.15, 0.2) is 5.69 Å². The highest BCUT2D eigenvalue weighted by molar-refractivity contribution is 14.1. The van der Waals surface area contributed by atoms with Crippen molar-refractivity contribution in [2.24, 2.45) is 0 Å². The van der Waals surface area contributed by atoms with E-state index in [4.69, 9.17) is 4.74 Å². The van der Waals surface area contributed by atoms with Gasteiger partial charge < -0.3 is 4.74 Å². The summed E-state index contributed by atoms with van der Waals surface area (Å²) in [5.41, 5.74) is -0.0171. The summed E-state index contributed by atoms with van der Waals surface area (Å²) in [5.74, 6) is -0.668. The maximum Gasteiger partial charge on any atom is 0.357 e. The van der Waals surface area contributed by atoms with E-state index >= 15 is 0 Å². The lowest BCUT2D eigenvalue weighted by atomic mass is 10.1. The minimum Gasteiger partial charge on any atom is -0.461 e. The molecular formula is C10H10F2INO2. The molecule has 3 nitrogen and oxygen atoms in total. The molecule has 0 spiro atoms. The van der Waals surface area contributed by atoms with Gasteiger partial charge in [0.2, 0.25) is 0 Å². The third kappa shape index (κ3) is 2.66. The molecule has 0 saturated carbocycles. The summed E-state index contributed by atoms with van der Waals surface area (Å²) < 4.78 is 30.5. The molecule has 0 atom stereocenters. The zero-order valence-corrected chi connectivity index (χ0v) is 10.9. The highest BCUT2D eigenvalue weighted by atomic mass is 127. The smallest absolute Gasteiger partial charge is 0.357 e. The van der Waals surface area contributed by atoms with E-state index in [2.05, 4.69) is 4.98 Å². The summed E-state index contributed by atoms with van der Waals surface area (Å²) in [6, 6.07) is 0. The van der Waals surface area contributed by atoms with Crippen LogP contribution in [0.3, 0.4) is 0 Å². The zero-order valence-electron chi connectivity index (χ0n) is 8.76. The molecule has 0 radical (unpaired) electrons. The second-order valence-electron chi connectivity index (χ2n) is 3.01.